The third kappa shape index (κ3) is 3.50. The van der Waals surface area contributed by atoms with Crippen molar-refractivity contribution in [3.8, 4) is 0 Å². The SMILES string of the molecule is Cc1cc(C)c(NC(=O)CN2C(=O)CS[C@H](C)C2=O)c(C)c1. The average Bonchev–Trinajstić information content (AvgIpc) is 2.43. The van der Waals surface area contributed by atoms with E-state index in [0.29, 0.717) is 0 Å². The number of nitrogens with one attached hydrogen (secondary N) is 1. The van der Waals surface area contributed by atoms with Crippen LogP contribution in [0.2, 0.25) is 0 Å². The lowest BCUT2D eigenvalue weighted by Gasteiger charge is -2.28. The van der Waals surface area contributed by atoms with E-state index in [-0.39, 0.29) is 35.3 Å². The topological polar surface area (TPSA) is 66.5 Å². The Hall–Kier alpha value is -1.82. The van der Waals surface area contributed by atoms with Crippen molar-refractivity contribution in [1.82, 2.24) is 4.90 Å². The van der Waals surface area contributed by atoms with E-state index in [4.69, 9.17) is 0 Å². The maximum Gasteiger partial charge on any atom is 0.244 e. The van der Waals surface area contributed by atoms with Crippen molar-refractivity contribution < 1.29 is 14.4 Å². The second kappa shape index (κ2) is 6.52. The minimum atomic E-state index is -0.351. The molecule has 118 valence electrons. The second-order valence-corrected chi connectivity index (χ2v) is 6.92. The zero-order chi connectivity index (χ0) is 16.4. The molecule has 0 radical (unpaired) electrons. The second-order valence-electron chi connectivity index (χ2n) is 5.59. The van der Waals surface area contributed by atoms with Gasteiger partial charge in [0.15, 0.2) is 0 Å². The summed E-state index contributed by atoms with van der Waals surface area (Å²) in [5, 5.41) is 2.53. The van der Waals surface area contributed by atoms with Crippen LogP contribution < -0.4 is 5.32 Å². The van der Waals surface area contributed by atoms with Gasteiger partial charge in [0, 0.05) is 5.69 Å². The van der Waals surface area contributed by atoms with E-state index in [9.17, 15) is 14.4 Å². The van der Waals surface area contributed by atoms with Gasteiger partial charge in [-0.1, -0.05) is 17.7 Å². The average molecular weight is 320 g/mol. The first-order chi connectivity index (χ1) is 10.3. The van der Waals surface area contributed by atoms with E-state index in [1.165, 1.54) is 11.8 Å². The first-order valence-corrected chi connectivity index (χ1v) is 8.18. The molecule has 0 aromatic heterocycles. The van der Waals surface area contributed by atoms with E-state index in [2.05, 4.69) is 5.32 Å². The molecule has 1 N–H and O–H groups in total. The molecule has 0 unspecified atom stereocenters. The van der Waals surface area contributed by atoms with E-state index in [1.807, 2.05) is 32.9 Å². The highest BCUT2D eigenvalue weighted by Gasteiger charge is 2.33. The highest BCUT2D eigenvalue weighted by Crippen LogP contribution is 2.23. The number of hydrogen-bond acceptors (Lipinski definition) is 4. The summed E-state index contributed by atoms with van der Waals surface area (Å²) in [5.41, 5.74) is 3.80. The molecule has 5 nitrogen and oxygen atoms in total. The Morgan fingerprint density at radius 1 is 1.27 bits per heavy atom. The summed E-state index contributed by atoms with van der Waals surface area (Å²) in [6, 6.07) is 3.97. The number of thioether (sulfide) groups is 1. The molecule has 1 aliphatic rings. The largest absolute Gasteiger partial charge is 0.324 e. The van der Waals surface area contributed by atoms with Gasteiger partial charge in [0.05, 0.1) is 11.0 Å². The number of aryl methyl sites for hydroxylation is 3. The van der Waals surface area contributed by atoms with Gasteiger partial charge in [0.25, 0.3) is 0 Å². The summed E-state index contributed by atoms with van der Waals surface area (Å²) in [5.74, 6) is -0.715. The quantitative estimate of drug-likeness (QED) is 0.866. The number of benzene rings is 1. The van der Waals surface area contributed by atoms with Crippen LogP contribution in [0.1, 0.15) is 23.6 Å². The predicted molar refractivity (Wildman–Crippen MR) is 87.9 cm³/mol. The summed E-state index contributed by atoms with van der Waals surface area (Å²) >= 11 is 1.30. The van der Waals surface area contributed by atoms with Crippen LogP contribution in [0.4, 0.5) is 5.69 Å². The van der Waals surface area contributed by atoms with Crippen molar-refractivity contribution in [2.45, 2.75) is 32.9 Å². The molecule has 22 heavy (non-hydrogen) atoms. The van der Waals surface area contributed by atoms with Crippen LogP contribution in [0, 0.1) is 20.8 Å². The minimum absolute atomic E-state index is 0.227. The van der Waals surface area contributed by atoms with Gasteiger partial charge < -0.3 is 5.32 Å². The van der Waals surface area contributed by atoms with Crippen LogP contribution in [0.5, 0.6) is 0 Å². The van der Waals surface area contributed by atoms with Gasteiger partial charge in [-0.3, -0.25) is 19.3 Å². The Kier molecular flexibility index (Phi) is 4.90. The molecule has 1 aromatic rings. The van der Waals surface area contributed by atoms with Crippen molar-refractivity contribution in [3.63, 3.8) is 0 Å². The molecule has 0 bridgehead atoms. The van der Waals surface area contributed by atoms with Gasteiger partial charge >= 0.3 is 0 Å². The Morgan fingerprint density at radius 2 is 1.86 bits per heavy atom. The molecular formula is C16H20N2O3S. The predicted octanol–water partition coefficient (Wildman–Crippen LogP) is 2.04. The van der Waals surface area contributed by atoms with Crippen molar-refractivity contribution in [1.29, 1.82) is 0 Å². The zero-order valence-electron chi connectivity index (χ0n) is 13.2. The number of carbonyl (C=O) groups excluding carboxylic acids is 3. The number of carbonyl (C=O) groups is 3. The van der Waals surface area contributed by atoms with Crippen LogP contribution >= 0.6 is 11.8 Å². The first-order valence-electron chi connectivity index (χ1n) is 7.13. The molecule has 1 atom stereocenters. The van der Waals surface area contributed by atoms with Gasteiger partial charge in [-0.15, -0.1) is 11.8 Å². The molecule has 0 spiro atoms. The van der Waals surface area contributed by atoms with E-state index in [1.54, 1.807) is 6.92 Å². The Morgan fingerprint density at radius 3 is 2.45 bits per heavy atom. The van der Waals surface area contributed by atoms with Gasteiger partial charge in [-0.2, -0.15) is 0 Å². The smallest absolute Gasteiger partial charge is 0.244 e. The van der Waals surface area contributed by atoms with E-state index in [0.717, 1.165) is 27.3 Å². The molecule has 1 aliphatic heterocycles. The van der Waals surface area contributed by atoms with Crippen LogP contribution in [-0.4, -0.2) is 40.2 Å². The molecule has 0 saturated carbocycles. The number of rotatable bonds is 3. The molecule has 1 saturated heterocycles. The monoisotopic (exact) mass is 320 g/mol. The third-order valence-corrected chi connectivity index (χ3v) is 4.73. The van der Waals surface area contributed by atoms with E-state index >= 15 is 0 Å². The summed E-state index contributed by atoms with van der Waals surface area (Å²) in [4.78, 5) is 37.1. The van der Waals surface area contributed by atoms with E-state index < -0.39 is 0 Å². The third-order valence-electron chi connectivity index (χ3n) is 3.61. The van der Waals surface area contributed by atoms with Crippen LogP contribution in [0.25, 0.3) is 0 Å². The maximum atomic E-state index is 12.2. The van der Waals surface area contributed by atoms with Crippen LogP contribution in [0.3, 0.4) is 0 Å². The van der Waals surface area contributed by atoms with Gasteiger partial charge in [0.1, 0.15) is 6.54 Å². The molecule has 1 heterocycles. The summed E-state index contributed by atoms with van der Waals surface area (Å²) in [6.07, 6.45) is 0. The molecule has 2 rings (SSSR count). The fourth-order valence-electron chi connectivity index (χ4n) is 2.55. The van der Waals surface area contributed by atoms with Gasteiger partial charge in [-0.05, 0) is 38.8 Å². The summed E-state index contributed by atoms with van der Waals surface area (Å²) < 4.78 is 0. The van der Waals surface area contributed by atoms with Crippen LogP contribution in [-0.2, 0) is 14.4 Å². The molecule has 3 amide bonds. The highest BCUT2D eigenvalue weighted by molar-refractivity contribution is 8.01. The number of hydrogen-bond donors (Lipinski definition) is 1. The molecule has 0 aliphatic carbocycles. The fourth-order valence-corrected chi connectivity index (χ4v) is 3.37. The molecule has 6 heteroatoms. The Labute approximate surface area is 134 Å². The fraction of sp³-hybridized carbons (Fsp3) is 0.438. The highest BCUT2D eigenvalue weighted by atomic mass is 32.2. The lowest BCUT2D eigenvalue weighted by atomic mass is 10.1. The van der Waals surface area contributed by atoms with Crippen molar-refractivity contribution >= 4 is 35.2 Å². The first kappa shape index (κ1) is 16.5. The van der Waals surface area contributed by atoms with Crippen molar-refractivity contribution in [2.75, 3.05) is 17.6 Å². The van der Waals surface area contributed by atoms with Crippen molar-refractivity contribution in [3.05, 3.63) is 28.8 Å². The standard InChI is InChI=1S/C16H20N2O3S/c1-9-5-10(2)15(11(3)6-9)17-13(19)7-18-14(20)8-22-12(4)16(18)21/h5-6,12H,7-8H2,1-4H3,(H,17,19)/t12-/m1/s1. The summed E-state index contributed by atoms with van der Waals surface area (Å²) in [7, 11) is 0. The van der Waals surface area contributed by atoms with Crippen molar-refractivity contribution in [2.24, 2.45) is 0 Å². The number of anilines is 1. The lowest BCUT2D eigenvalue weighted by Crippen LogP contribution is -2.49. The number of imide groups is 1. The zero-order valence-corrected chi connectivity index (χ0v) is 14.0. The maximum absolute atomic E-state index is 12.2. The minimum Gasteiger partial charge on any atom is -0.324 e. The lowest BCUT2D eigenvalue weighted by molar-refractivity contribution is -0.145. The normalized spacial score (nSPS) is 18.5. The van der Waals surface area contributed by atoms with Gasteiger partial charge in [-0.25, -0.2) is 0 Å². The van der Waals surface area contributed by atoms with Gasteiger partial charge in [0.2, 0.25) is 17.7 Å². The molecule has 1 fully saturated rings. The molecule has 1 aromatic carbocycles. The molecular weight excluding hydrogens is 300 g/mol. The Balaban J connectivity index is 2.10. The number of amides is 3. The Bertz CT molecular complexity index is 619. The number of nitrogens with zero attached hydrogens (tertiary/aromatic N) is 1. The summed E-state index contributed by atoms with van der Waals surface area (Å²) in [6.45, 7) is 7.36. The van der Waals surface area contributed by atoms with Crippen LogP contribution in [0.15, 0.2) is 12.1 Å².